The maximum Gasteiger partial charge on any atom is -0.00461 e. The zero-order valence-corrected chi connectivity index (χ0v) is 7.84. The molecule has 11 heavy (non-hydrogen) atoms. The van der Waals surface area contributed by atoms with E-state index in [4.69, 9.17) is 5.73 Å². The Morgan fingerprint density at radius 2 is 1.91 bits per heavy atom. The minimum absolute atomic E-state index is 0.861. The van der Waals surface area contributed by atoms with Gasteiger partial charge in [0, 0.05) is 0 Å². The molecule has 2 atom stereocenters. The molecule has 0 saturated heterocycles. The van der Waals surface area contributed by atoms with Gasteiger partial charge in [0.25, 0.3) is 0 Å². The first-order valence-electron chi connectivity index (χ1n) is 5.03. The van der Waals surface area contributed by atoms with Crippen molar-refractivity contribution >= 4 is 0 Å². The second-order valence-electron chi connectivity index (χ2n) is 3.81. The molecule has 0 aromatic heterocycles. The third-order valence-corrected chi connectivity index (χ3v) is 3.43. The van der Waals surface area contributed by atoms with E-state index < -0.39 is 0 Å². The first-order chi connectivity index (χ1) is 5.33. The lowest BCUT2D eigenvalue weighted by Crippen LogP contribution is -2.36. The highest BCUT2D eigenvalue weighted by Gasteiger charge is 2.33. The Bertz CT molecular complexity index is 105. The van der Waals surface area contributed by atoms with Crippen molar-refractivity contribution in [2.24, 2.45) is 23.5 Å². The van der Waals surface area contributed by atoms with Crippen LogP contribution in [0.15, 0.2) is 0 Å². The summed E-state index contributed by atoms with van der Waals surface area (Å²) >= 11 is 0. The molecule has 1 fully saturated rings. The standard InChI is InChI=1S/C10H21N/c1-3-8(4-2)10-6-5-9(10)7-11/h8-10H,3-7,11H2,1-2H3. The highest BCUT2D eigenvalue weighted by Crippen LogP contribution is 2.41. The molecule has 0 heterocycles. The Hall–Kier alpha value is -0.0400. The summed E-state index contributed by atoms with van der Waals surface area (Å²) in [5.74, 6) is 2.78. The van der Waals surface area contributed by atoms with Crippen molar-refractivity contribution in [3.05, 3.63) is 0 Å². The summed E-state index contributed by atoms with van der Waals surface area (Å²) in [6, 6.07) is 0. The summed E-state index contributed by atoms with van der Waals surface area (Å²) in [7, 11) is 0. The molecular formula is C10H21N. The van der Waals surface area contributed by atoms with Gasteiger partial charge in [-0.05, 0) is 37.1 Å². The van der Waals surface area contributed by atoms with Gasteiger partial charge in [-0.1, -0.05) is 26.7 Å². The summed E-state index contributed by atoms with van der Waals surface area (Å²) in [6.45, 7) is 5.53. The minimum atomic E-state index is 0.861. The van der Waals surface area contributed by atoms with Crippen molar-refractivity contribution < 1.29 is 0 Å². The molecule has 2 N–H and O–H groups in total. The molecule has 0 aromatic carbocycles. The number of hydrogen-bond donors (Lipinski definition) is 1. The summed E-state index contributed by atoms with van der Waals surface area (Å²) in [5, 5.41) is 0. The van der Waals surface area contributed by atoms with Crippen LogP contribution in [0.25, 0.3) is 0 Å². The van der Waals surface area contributed by atoms with Crippen molar-refractivity contribution in [1.82, 2.24) is 0 Å². The van der Waals surface area contributed by atoms with E-state index in [1.165, 1.54) is 25.7 Å². The summed E-state index contributed by atoms with van der Waals surface area (Å²) in [5.41, 5.74) is 5.67. The van der Waals surface area contributed by atoms with Gasteiger partial charge in [-0.3, -0.25) is 0 Å². The van der Waals surface area contributed by atoms with E-state index in [2.05, 4.69) is 13.8 Å². The van der Waals surface area contributed by atoms with Crippen LogP contribution in [0.5, 0.6) is 0 Å². The molecule has 0 amide bonds. The molecule has 1 saturated carbocycles. The Morgan fingerprint density at radius 1 is 1.27 bits per heavy atom. The van der Waals surface area contributed by atoms with Crippen LogP contribution >= 0.6 is 0 Å². The monoisotopic (exact) mass is 155 g/mol. The van der Waals surface area contributed by atoms with Crippen LogP contribution in [0, 0.1) is 17.8 Å². The molecular weight excluding hydrogens is 134 g/mol. The van der Waals surface area contributed by atoms with Crippen molar-refractivity contribution in [3.8, 4) is 0 Å². The van der Waals surface area contributed by atoms with E-state index in [1.54, 1.807) is 0 Å². The van der Waals surface area contributed by atoms with Gasteiger partial charge in [-0.15, -0.1) is 0 Å². The predicted octanol–water partition coefficient (Wildman–Crippen LogP) is 2.41. The average Bonchev–Trinajstić information content (AvgIpc) is 1.98. The number of rotatable bonds is 4. The normalized spacial score (nSPS) is 30.5. The van der Waals surface area contributed by atoms with Crippen LogP contribution < -0.4 is 5.73 Å². The van der Waals surface area contributed by atoms with Gasteiger partial charge in [-0.2, -0.15) is 0 Å². The number of hydrogen-bond acceptors (Lipinski definition) is 1. The second kappa shape index (κ2) is 4.10. The molecule has 0 spiro atoms. The maximum atomic E-state index is 5.67. The lowest BCUT2D eigenvalue weighted by Gasteiger charge is -2.41. The van der Waals surface area contributed by atoms with Gasteiger partial charge < -0.3 is 5.73 Å². The summed E-state index contributed by atoms with van der Waals surface area (Å²) < 4.78 is 0. The molecule has 2 unspecified atom stereocenters. The second-order valence-corrected chi connectivity index (χ2v) is 3.81. The fraction of sp³-hybridized carbons (Fsp3) is 1.00. The van der Waals surface area contributed by atoms with Crippen LogP contribution in [0.1, 0.15) is 39.5 Å². The maximum absolute atomic E-state index is 5.67. The zero-order valence-electron chi connectivity index (χ0n) is 7.84. The molecule has 1 aliphatic rings. The summed E-state index contributed by atoms with van der Waals surface area (Å²) in [4.78, 5) is 0. The largest absolute Gasteiger partial charge is 0.330 e. The van der Waals surface area contributed by atoms with E-state index in [1.807, 2.05) is 0 Å². The lowest BCUT2D eigenvalue weighted by atomic mass is 9.65. The van der Waals surface area contributed by atoms with E-state index >= 15 is 0 Å². The Morgan fingerprint density at radius 3 is 2.18 bits per heavy atom. The SMILES string of the molecule is CCC(CC)C1CCC1CN. The number of nitrogens with two attached hydrogens (primary N) is 1. The fourth-order valence-corrected chi connectivity index (χ4v) is 2.40. The first kappa shape index (κ1) is 9.05. The highest BCUT2D eigenvalue weighted by molar-refractivity contribution is 4.85. The van der Waals surface area contributed by atoms with Gasteiger partial charge in [0.15, 0.2) is 0 Å². The third-order valence-electron chi connectivity index (χ3n) is 3.43. The molecule has 1 rings (SSSR count). The average molecular weight is 155 g/mol. The quantitative estimate of drug-likeness (QED) is 0.663. The lowest BCUT2D eigenvalue weighted by molar-refractivity contribution is 0.104. The Kier molecular flexibility index (Phi) is 3.38. The molecule has 0 bridgehead atoms. The van der Waals surface area contributed by atoms with Crippen molar-refractivity contribution in [3.63, 3.8) is 0 Å². The van der Waals surface area contributed by atoms with Gasteiger partial charge >= 0.3 is 0 Å². The van der Waals surface area contributed by atoms with E-state index in [0.717, 1.165) is 24.3 Å². The minimum Gasteiger partial charge on any atom is -0.330 e. The molecule has 1 aliphatic carbocycles. The van der Waals surface area contributed by atoms with Crippen LogP contribution in [0.4, 0.5) is 0 Å². The van der Waals surface area contributed by atoms with Crippen LogP contribution in [-0.2, 0) is 0 Å². The van der Waals surface area contributed by atoms with Gasteiger partial charge in [0.2, 0.25) is 0 Å². The third kappa shape index (κ3) is 1.76. The fourth-order valence-electron chi connectivity index (χ4n) is 2.40. The van der Waals surface area contributed by atoms with E-state index in [-0.39, 0.29) is 0 Å². The molecule has 0 aromatic rings. The van der Waals surface area contributed by atoms with Crippen LogP contribution in [0.2, 0.25) is 0 Å². The van der Waals surface area contributed by atoms with Crippen molar-refractivity contribution in [2.45, 2.75) is 39.5 Å². The molecule has 0 radical (unpaired) electrons. The van der Waals surface area contributed by atoms with Crippen molar-refractivity contribution in [2.75, 3.05) is 6.54 Å². The van der Waals surface area contributed by atoms with Gasteiger partial charge in [-0.25, -0.2) is 0 Å². The predicted molar refractivity (Wildman–Crippen MR) is 49.3 cm³/mol. The van der Waals surface area contributed by atoms with Gasteiger partial charge in [0.1, 0.15) is 0 Å². The summed E-state index contributed by atoms with van der Waals surface area (Å²) in [6.07, 6.45) is 5.52. The van der Waals surface area contributed by atoms with E-state index in [9.17, 15) is 0 Å². The zero-order chi connectivity index (χ0) is 8.27. The van der Waals surface area contributed by atoms with Gasteiger partial charge in [0.05, 0.1) is 0 Å². The molecule has 66 valence electrons. The highest BCUT2D eigenvalue weighted by atomic mass is 14.6. The topological polar surface area (TPSA) is 26.0 Å². The van der Waals surface area contributed by atoms with E-state index in [0.29, 0.717) is 0 Å². The Balaban J connectivity index is 2.33. The molecule has 0 aliphatic heterocycles. The van der Waals surface area contributed by atoms with Crippen molar-refractivity contribution in [1.29, 1.82) is 0 Å². The smallest absolute Gasteiger partial charge is 0.00461 e. The Labute approximate surface area is 70.4 Å². The molecule has 1 heteroatoms. The molecule has 1 nitrogen and oxygen atoms in total. The van der Waals surface area contributed by atoms with Crippen LogP contribution in [0.3, 0.4) is 0 Å². The van der Waals surface area contributed by atoms with Crippen LogP contribution in [-0.4, -0.2) is 6.54 Å². The first-order valence-corrected chi connectivity index (χ1v) is 5.03.